The van der Waals surface area contributed by atoms with Crippen molar-refractivity contribution in [1.82, 2.24) is 4.57 Å². The molecular formula is C15H19NO2Si. The molecule has 0 aliphatic heterocycles. The van der Waals surface area contributed by atoms with E-state index in [0.29, 0.717) is 0 Å². The van der Waals surface area contributed by atoms with Crippen LogP contribution in [0.1, 0.15) is 11.8 Å². The van der Waals surface area contributed by atoms with Crippen LogP contribution < -0.4 is 5.19 Å². The largest absolute Gasteiger partial charge is 0.398 e. The first-order valence-corrected chi connectivity index (χ1v) is 9.25. The first-order valence-electron chi connectivity index (χ1n) is 6.34. The van der Waals surface area contributed by atoms with Gasteiger partial charge in [0, 0.05) is 13.2 Å². The number of aryl methyl sites for hydroxylation is 1. The highest BCUT2D eigenvalue weighted by Crippen LogP contribution is 2.20. The highest BCUT2D eigenvalue weighted by atomic mass is 28.4. The Morgan fingerprint density at radius 1 is 1.16 bits per heavy atom. The third-order valence-electron chi connectivity index (χ3n) is 3.29. The zero-order chi connectivity index (χ0) is 13.9. The van der Waals surface area contributed by atoms with Crippen LogP contribution in [0.3, 0.4) is 0 Å². The number of nitrogens with zero attached hydrogens (tertiary/aromatic N) is 1. The molecule has 3 nitrogen and oxygen atoms in total. The molecule has 0 N–H and O–H groups in total. The van der Waals surface area contributed by atoms with E-state index in [1.807, 2.05) is 48.1 Å². The average Bonchev–Trinajstić information content (AvgIpc) is 2.83. The van der Waals surface area contributed by atoms with E-state index in [2.05, 4.69) is 25.2 Å². The number of carbonyl (C=O) groups is 1. The normalized spacial score (nSPS) is 13.2. The van der Waals surface area contributed by atoms with Gasteiger partial charge in [-0.2, -0.15) is 0 Å². The predicted molar refractivity (Wildman–Crippen MR) is 78.9 cm³/mol. The van der Waals surface area contributed by atoms with Crippen molar-refractivity contribution in [2.75, 3.05) is 0 Å². The van der Waals surface area contributed by atoms with Gasteiger partial charge in [0.05, 0.1) is 5.69 Å². The lowest BCUT2D eigenvalue weighted by atomic mass is 10.3. The molecule has 1 unspecified atom stereocenters. The zero-order valence-electron chi connectivity index (χ0n) is 11.5. The quantitative estimate of drug-likeness (QED) is 0.619. The van der Waals surface area contributed by atoms with Crippen LogP contribution in [0.25, 0.3) is 0 Å². The number of hydrogen-bond donors (Lipinski definition) is 0. The van der Waals surface area contributed by atoms with Crippen molar-refractivity contribution >= 4 is 19.8 Å². The van der Waals surface area contributed by atoms with E-state index < -0.39 is 14.4 Å². The van der Waals surface area contributed by atoms with Crippen molar-refractivity contribution < 1.29 is 9.22 Å². The van der Waals surface area contributed by atoms with Gasteiger partial charge in [-0.1, -0.05) is 30.3 Å². The molecule has 1 aromatic heterocycles. The average molecular weight is 273 g/mol. The van der Waals surface area contributed by atoms with E-state index in [4.69, 9.17) is 4.43 Å². The van der Waals surface area contributed by atoms with Crippen LogP contribution >= 0.6 is 0 Å². The fourth-order valence-corrected chi connectivity index (χ4v) is 4.10. The molecule has 1 aromatic carbocycles. The summed E-state index contributed by atoms with van der Waals surface area (Å²) in [6, 6.07) is 14.0. The predicted octanol–water partition coefficient (Wildman–Crippen LogP) is 2.39. The zero-order valence-corrected chi connectivity index (χ0v) is 12.5. The van der Waals surface area contributed by atoms with Crippen LogP contribution in [-0.2, 0) is 16.3 Å². The molecule has 2 aromatic rings. The molecule has 2 rings (SSSR count). The molecule has 1 heterocycles. The minimum absolute atomic E-state index is 0.498. The summed E-state index contributed by atoms with van der Waals surface area (Å²) >= 11 is 0. The lowest BCUT2D eigenvalue weighted by Crippen LogP contribution is -2.46. The smallest absolute Gasteiger partial charge is 0.219 e. The Labute approximate surface area is 115 Å². The molecule has 0 aliphatic rings. The summed E-state index contributed by atoms with van der Waals surface area (Å²) < 4.78 is 8.07. The Morgan fingerprint density at radius 3 is 2.37 bits per heavy atom. The molecule has 0 bridgehead atoms. The summed E-state index contributed by atoms with van der Waals surface area (Å²) in [5.74, 6) is 0. The Balaban J connectivity index is 2.23. The van der Waals surface area contributed by atoms with Gasteiger partial charge in [-0.3, -0.25) is 0 Å². The number of benzene rings is 1. The molecule has 0 amide bonds. The highest BCUT2D eigenvalue weighted by Gasteiger charge is 2.30. The Bertz CT molecular complexity index is 548. The van der Waals surface area contributed by atoms with Gasteiger partial charge in [0.1, 0.15) is 6.10 Å². The van der Waals surface area contributed by atoms with Crippen molar-refractivity contribution in [2.45, 2.75) is 19.2 Å². The van der Waals surface area contributed by atoms with E-state index in [-0.39, 0.29) is 0 Å². The van der Waals surface area contributed by atoms with Gasteiger partial charge in [0.2, 0.25) is 8.32 Å². The molecule has 4 heteroatoms. The molecule has 0 saturated carbocycles. The molecule has 0 aliphatic carbocycles. The first kappa shape index (κ1) is 13.8. The Morgan fingerprint density at radius 2 is 1.84 bits per heavy atom. The first-order chi connectivity index (χ1) is 9.04. The number of carbonyl (C=O) groups excluding carboxylic acids is 1. The molecular weight excluding hydrogens is 254 g/mol. The van der Waals surface area contributed by atoms with Crippen LogP contribution in [0.15, 0.2) is 48.7 Å². The van der Waals surface area contributed by atoms with Gasteiger partial charge in [-0.15, -0.1) is 0 Å². The van der Waals surface area contributed by atoms with Crippen molar-refractivity contribution in [2.24, 2.45) is 7.05 Å². The number of aldehydes is 1. The molecule has 19 heavy (non-hydrogen) atoms. The van der Waals surface area contributed by atoms with Gasteiger partial charge >= 0.3 is 0 Å². The summed E-state index contributed by atoms with van der Waals surface area (Å²) in [6.45, 7) is 4.23. The van der Waals surface area contributed by atoms with Gasteiger partial charge in [0.15, 0.2) is 6.29 Å². The van der Waals surface area contributed by atoms with E-state index in [0.717, 1.165) is 12.0 Å². The fourth-order valence-electron chi connectivity index (χ4n) is 2.15. The minimum Gasteiger partial charge on any atom is -0.398 e. The standard InChI is InChI=1S/C15H19NO2Si/c1-16-11-7-10-14(16)15(12-17)18-19(2,3)13-8-5-4-6-9-13/h4-12,15H,1-3H3. The topological polar surface area (TPSA) is 31.2 Å². The number of aromatic nitrogens is 1. The summed E-state index contributed by atoms with van der Waals surface area (Å²) in [4.78, 5) is 11.3. The fraction of sp³-hybridized carbons (Fsp3) is 0.267. The van der Waals surface area contributed by atoms with E-state index in [1.54, 1.807) is 0 Å². The molecule has 0 spiro atoms. The van der Waals surface area contributed by atoms with Crippen LogP contribution in [-0.4, -0.2) is 19.2 Å². The second-order valence-corrected chi connectivity index (χ2v) is 8.93. The third-order valence-corrected chi connectivity index (χ3v) is 5.86. The molecule has 1 atom stereocenters. The second kappa shape index (κ2) is 5.55. The maximum absolute atomic E-state index is 11.3. The van der Waals surface area contributed by atoms with Crippen molar-refractivity contribution in [3.8, 4) is 0 Å². The maximum Gasteiger partial charge on any atom is 0.219 e. The lowest BCUT2D eigenvalue weighted by Gasteiger charge is -2.27. The molecule has 0 fully saturated rings. The minimum atomic E-state index is -2.09. The van der Waals surface area contributed by atoms with Gasteiger partial charge in [-0.25, -0.2) is 0 Å². The van der Waals surface area contributed by atoms with Gasteiger partial charge in [0.25, 0.3) is 0 Å². The maximum atomic E-state index is 11.3. The summed E-state index contributed by atoms with van der Waals surface area (Å²) in [7, 11) is -0.164. The van der Waals surface area contributed by atoms with Crippen molar-refractivity contribution in [3.05, 3.63) is 54.4 Å². The van der Waals surface area contributed by atoms with E-state index >= 15 is 0 Å². The van der Waals surface area contributed by atoms with Crippen LogP contribution in [0.4, 0.5) is 0 Å². The van der Waals surface area contributed by atoms with Gasteiger partial charge in [-0.05, 0) is 30.4 Å². The van der Waals surface area contributed by atoms with Crippen molar-refractivity contribution in [3.63, 3.8) is 0 Å². The third kappa shape index (κ3) is 3.03. The molecule has 0 saturated heterocycles. The number of hydrogen-bond acceptors (Lipinski definition) is 2. The molecule has 0 radical (unpaired) electrons. The summed E-state index contributed by atoms with van der Waals surface area (Å²) in [5, 5.41) is 1.19. The second-order valence-electron chi connectivity index (χ2n) is 5.09. The Hall–Kier alpha value is -1.65. The summed E-state index contributed by atoms with van der Waals surface area (Å²) in [5.41, 5.74) is 0.895. The van der Waals surface area contributed by atoms with Crippen LogP contribution in [0.2, 0.25) is 13.1 Å². The molecule has 100 valence electrons. The van der Waals surface area contributed by atoms with Crippen LogP contribution in [0.5, 0.6) is 0 Å². The lowest BCUT2D eigenvalue weighted by molar-refractivity contribution is -0.114. The SMILES string of the molecule is Cn1cccc1C(C=O)O[Si](C)(C)c1ccccc1. The van der Waals surface area contributed by atoms with Gasteiger partial charge < -0.3 is 13.8 Å². The van der Waals surface area contributed by atoms with E-state index in [1.165, 1.54) is 5.19 Å². The Kier molecular flexibility index (Phi) is 4.02. The van der Waals surface area contributed by atoms with Crippen LogP contribution in [0, 0.1) is 0 Å². The van der Waals surface area contributed by atoms with Crippen molar-refractivity contribution in [1.29, 1.82) is 0 Å². The number of rotatable bonds is 5. The monoisotopic (exact) mass is 273 g/mol. The highest BCUT2D eigenvalue weighted by molar-refractivity contribution is 6.84. The van der Waals surface area contributed by atoms with E-state index in [9.17, 15) is 4.79 Å². The summed E-state index contributed by atoms with van der Waals surface area (Å²) in [6.07, 6.45) is 2.31.